The summed E-state index contributed by atoms with van der Waals surface area (Å²) in [7, 11) is -3.05. The number of thiazole rings is 1. The smallest absolute Gasteiger partial charge is 0.213 e. The molecule has 1 aromatic heterocycles. The Kier molecular flexibility index (Phi) is 4.65. The summed E-state index contributed by atoms with van der Waals surface area (Å²) < 4.78 is 37.8. The maximum absolute atomic E-state index is 12.9. The Labute approximate surface area is 139 Å². The van der Waals surface area contributed by atoms with Gasteiger partial charge in [-0.25, -0.2) is 22.1 Å². The molecule has 0 unspecified atom stereocenters. The SMILES string of the molecule is CCS(=O)(=O)N1CC(CNc2nc(-c3ccc(F)cc3)cs2)C1. The molecule has 5 nitrogen and oxygen atoms in total. The third-order valence-corrected chi connectivity index (χ3v) is 6.48. The van der Waals surface area contributed by atoms with Gasteiger partial charge in [0.1, 0.15) is 5.82 Å². The van der Waals surface area contributed by atoms with Crippen LogP contribution in [0.15, 0.2) is 29.6 Å². The predicted octanol–water partition coefficient (Wildman–Crippen LogP) is 2.64. The average molecular weight is 355 g/mol. The van der Waals surface area contributed by atoms with Gasteiger partial charge in [-0.1, -0.05) is 0 Å². The van der Waals surface area contributed by atoms with Gasteiger partial charge in [0.15, 0.2) is 5.13 Å². The number of benzene rings is 1. The fraction of sp³-hybridized carbons (Fsp3) is 0.400. The molecule has 1 N–H and O–H groups in total. The first kappa shape index (κ1) is 16.4. The molecule has 0 bridgehead atoms. The van der Waals surface area contributed by atoms with Crippen molar-refractivity contribution in [1.82, 2.24) is 9.29 Å². The maximum atomic E-state index is 12.9. The molecule has 124 valence electrons. The Bertz CT molecular complexity index is 768. The van der Waals surface area contributed by atoms with Gasteiger partial charge >= 0.3 is 0 Å². The minimum Gasteiger partial charge on any atom is -0.361 e. The molecule has 0 amide bonds. The number of aromatic nitrogens is 1. The Morgan fingerprint density at radius 1 is 1.35 bits per heavy atom. The van der Waals surface area contributed by atoms with E-state index in [1.165, 1.54) is 27.8 Å². The zero-order valence-electron chi connectivity index (χ0n) is 12.7. The van der Waals surface area contributed by atoms with Gasteiger partial charge in [-0.2, -0.15) is 0 Å². The van der Waals surface area contributed by atoms with Gasteiger partial charge in [0.25, 0.3) is 0 Å². The Hall–Kier alpha value is -1.51. The van der Waals surface area contributed by atoms with Crippen molar-refractivity contribution in [3.63, 3.8) is 0 Å². The van der Waals surface area contributed by atoms with Crippen molar-refractivity contribution in [3.05, 3.63) is 35.5 Å². The highest BCUT2D eigenvalue weighted by molar-refractivity contribution is 7.89. The number of nitrogens with zero attached hydrogens (tertiary/aromatic N) is 2. The molecule has 1 fully saturated rings. The lowest BCUT2D eigenvalue weighted by atomic mass is 10.0. The van der Waals surface area contributed by atoms with E-state index < -0.39 is 10.0 Å². The van der Waals surface area contributed by atoms with Crippen molar-refractivity contribution < 1.29 is 12.8 Å². The van der Waals surface area contributed by atoms with Crippen LogP contribution in [0, 0.1) is 11.7 Å². The van der Waals surface area contributed by atoms with E-state index in [1.807, 2.05) is 5.38 Å². The van der Waals surface area contributed by atoms with E-state index in [2.05, 4.69) is 10.3 Å². The van der Waals surface area contributed by atoms with Gasteiger partial charge in [0.05, 0.1) is 11.4 Å². The van der Waals surface area contributed by atoms with E-state index >= 15 is 0 Å². The molecule has 8 heteroatoms. The van der Waals surface area contributed by atoms with Crippen LogP contribution in [0.25, 0.3) is 11.3 Å². The molecule has 1 aromatic carbocycles. The predicted molar refractivity (Wildman–Crippen MR) is 90.5 cm³/mol. The summed E-state index contributed by atoms with van der Waals surface area (Å²) in [4.78, 5) is 4.48. The Balaban J connectivity index is 1.52. The van der Waals surface area contributed by atoms with Crippen molar-refractivity contribution in [2.45, 2.75) is 6.92 Å². The van der Waals surface area contributed by atoms with Gasteiger partial charge in [0, 0.05) is 36.5 Å². The first-order valence-electron chi connectivity index (χ1n) is 7.41. The number of hydrogen-bond donors (Lipinski definition) is 1. The van der Waals surface area contributed by atoms with Gasteiger partial charge in [0.2, 0.25) is 10.0 Å². The van der Waals surface area contributed by atoms with E-state index in [1.54, 1.807) is 19.1 Å². The molecule has 2 aromatic rings. The van der Waals surface area contributed by atoms with E-state index in [4.69, 9.17) is 0 Å². The van der Waals surface area contributed by atoms with Crippen LogP contribution in [0.5, 0.6) is 0 Å². The van der Waals surface area contributed by atoms with Crippen molar-refractivity contribution in [3.8, 4) is 11.3 Å². The molecular weight excluding hydrogens is 337 g/mol. The minimum absolute atomic E-state index is 0.153. The fourth-order valence-electron chi connectivity index (χ4n) is 2.40. The average Bonchev–Trinajstić information content (AvgIpc) is 2.95. The van der Waals surface area contributed by atoms with E-state index in [0.29, 0.717) is 25.6 Å². The fourth-order valence-corrected chi connectivity index (χ4v) is 4.37. The first-order valence-corrected chi connectivity index (χ1v) is 9.90. The number of hydrogen-bond acceptors (Lipinski definition) is 5. The topological polar surface area (TPSA) is 62.3 Å². The van der Waals surface area contributed by atoms with E-state index in [-0.39, 0.29) is 11.6 Å². The lowest BCUT2D eigenvalue weighted by Gasteiger charge is -2.37. The maximum Gasteiger partial charge on any atom is 0.213 e. The van der Waals surface area contributed by atoms with Gasteiger partial charge in [-0.15, -0.1) is 11.3 Å². The van der Waals surface area contributed by atoms with Crippen molar-refractivity contribution in [2.75, 3.05) is 30.7 Å². The second-order valence-corrected chi connectivity index (χ2v) is 8.62. The van der Waals surface area contributed by atoms with Gasteiger partial charge < -0.3 is 5.32 Å². The molecule has 1 aliphatic rings. The molecule has 1 saturated heterocycles. The minimum atomic E-state index is -3.05. The van der Waals surface area contributed by atoms with E-state index in [9.17, 15) is 12.8 Å². The highest BCUT2D eigenvalue weighted by Gasteiger charge is 2.34. The summed E-state index contributed by atoms with van der Waals surface area (Å²) in [5, 5.41) is 5.96. The second kappa shape index (κ2) is 6.54. The number of nitrogens with one attached hydrogen (secondary N) is 1. The van der Waals surface area contributed by atoms with E-state index in [0.717, 1.165) is 16.4 Å². The zero-order chi connectivity index (χ0) is 16.4. The molecule has 0 atom stereocenters. The summed E-state index contributed by atoms with van der Waals surface area (Å²) in [5.74, 6) is 0.203. The highest BCUT2D eigenvalue weighted by Crippen LogP contribution is 2.26. The zero-order valence-corrected chi connectivity index (χ0v) is 14.3. The lowest BCUT2D eigenvalue weighted by molar-refractivity contribution is 0.212. The molecule has 1 aliphatic heterocycles. The molecule has 3 rings (SSSR count). The van der Waals surface area contributed by atoms with Crippen LogP contribution >= 0.6 is 11.3 Å². The lowest BCUT2D eigenvalue weighted by Crippen LogP contribution is -2.52. The van der Waals surface area contributed by atoms with Crippen molar-refractivity contribution in [2.24, 2.45) is 5.92 Å². The van der Waals surface area contributed by atoms with Crippen LogP contribution in [0.1, 0.15) is 6.92 Å². The van der Waals surface area contributed by atoms with Gasteiger partial charge in [-0.3, -0.25) is 0 Å². The van der Waals surface area contributed by atoms with Crippen LogP contribution in [0.3, 0.4) is 0 Å². The molecular formula is C15H18FN3O2S2. The summed E-state index contributed by atoms with van der Waals surface area (Å²) in [5.41, 5.74) is 1.68. The third kappa shape index (κ3) is 3.70. The Morgan fingerprint density at radius 3 is 2.70 bits per heavy atom. The summed E-state index contributed by atoms with van der Waals surface area (Å²) in [6.45, 7) is 3.50. The molecule has 0 saturated carbocycles. The number of anilines is 1. The molecule has 0 spiro atoms. The normalized spacial score (nSPS) is 16.3. The summed E-state index contributed by atoms with van der Waals surface area (Å²) in [6, 6.07) is 6.24. The van der Waals surface area contributed by atoms with Crippen molar-refractivity contribution >= 4 is 26.5 Å². The van der Waals surface area contributed by atoms with Gasteiger partial charge in [-0.05, 0) is 31.2 Å². The highest BCUT2D eigenvalue weighted by atomic mass is 32.2. The van der Waals surface area contributed by atoms with Crippen LogP contribution in [0.4, 0.5) is 9.52 Å². The standard InChI is InChI=1S/C15H18FN3O2S2/c1-2-23(20,21)19-8-11(9-19)7-17-15-18-14(10-22-15)12-3-5-13(16)6-4-12/h3-6,10-11H,2,7-9H2,1H3,(H,17,18). The molecule has 0 radical (unpaired) electrons. The van der Waals surface area contributed by atoms with Crippen LogP contribution < -0.4 is 5.32 Å². The quantitative estimate of drug-likeness (QED) is 0.865. The van der Waals surface area contributed by atoms with Crippen LogP contribution in [-0.4, -0.2) is 43.1 Å². The number of halogens is 1. The van der Waals surface area contributed by atoms with Crippen LogP contribution in [-0.2, 0) is 10.0 Å². The van der Waals surface area contributed by atoms with Crippen molar-refractivity contribution in [1.29, 1.82) is 0 Å². The summed E-state index contributed by atoms with van der Waals surface area (Å²) >= 11 is 1.49. The first-order chi connectivity index (χ1) is 11.0. The summed E-state index contributed by atoms with van der Waals surface area (Å²) in [6.07, 6.45) is 0. The number of rotatable bonds is 6. The number of sulfonamides is 1. The molecule has 23 heavy (non-hydrogen) atoms. The molecule has 2 heterocycles. The molecule has 0 aliphatic carbocycles. The second-order valence-electron chi connectivity index (χ2n) is 5.51. The largest absolute Gasteiger partial charge is 0.361 e. The van der Waals surface area contributed by atoms with Crippen LogP contribution in [0.2, 0.25) is 0 Å². The third-order valence-electron chi connectivity index (χ3n) is 3.87. The Morgan fingerprint density at radius 2 is 2.04 bits per heavy atom. The monoisotopic (exact) mass is 355 g/mol.